The summed E-state index contributed by atoms with van der Waals surface area (Å²) in [7, 11) is 0. The summed E-state index contributed by atoms with van der Waals surface area (Å²) in [5.41, 5.74) is -1.63. The van der Waals surface area contributed by atoms with Gasteiger partial charge in [0.1, 0.15) is 5.82 Å². The third-order valence-electron chi connectivity index (χ3n) is 4.26. The van der Waals surface area contributed by atoms with Gasteiger partial charge in [-0.25, -0.2) is 4.39 Å². The van der Waals surface area contributed by atoms with Gasteiger partial charge in [-0.3, -0.25) is 9.59 Å². The first-order valence-corrected chi connectivity index (χ1v) is 9.19. The topological polar surface area (TPSA) is 73.2 Å². The van der Waals surface area contributed by atoms with Gasteiger partial charge in [-0.2, -0.15) is 17.9 Å². The molecule has 162 valence electrons. The van der Waals surface area contributed by atoms with Crippen molar-refractivity contribution in [1.82, 2.24) is 9.78 Å². The summed E-state index contributed by atoms with van der Waals surface area (Å²) in [4.78, 5) is 24.6. The van der Waals surface area contributed by atoms with E-state index in [1.54, 1.807) is 6.92 Å². The summed E-state index contributed by atoms with van der Waals surface area (Å²) in [6, 6.07) is 11.9. The fourth-order valence-corrected chi connectivity index (χ4v) is 2.75. The van der Waals surface area contributed by atoms with Crippen molar-refractivity contribution in [3.8, 4) is 11.6 Å². The van der Waals surface area contributed by atoms with Crippen LogP contribution >= 0.6 is 0 Å². The van der Waals surface area contributed by atoms with Crippen molar-refractivity contribution in [2.75, 3.05) is 5.32 Å². The van der Waals surface area contributed by atoms with Crippen LogP contribution in [0.1, 0.15) is 18.9 Å². The third-order valence-corrected chi connectivity index (χ3v) is 4.26. The maximum absolute atomic E-state index is 13.1. The minimum atomic E-state index is -4.64. The van der Waals surface area contributed by atoms with Crippen molar-refractivity contribution in [3.05, 3.63) is 82.4 Å². The number of alkyl halides is 3. The Morgan fingerprint density at radius 1 is 1.10 bits per heavy atom. The van der Waals surface area contributed by atoms with E-state index in [0.29, 0.717) is 0 Å². The number of nitrogens with one attached hydrogen (secondary N) is 1. The Bertz CT molecular complexity index is 1130. The molecular weight excluding hydrogens is 418 g/mol. The maximum atomic E-state index is 13.1. The number of carbonyl (C=O) groups excluding carboxylic acids is 1. The first-order valence-electron chi connectivity index (χ1n) is 9.19. The number of nitrogens with zero attached hydrogens (tertiary/aromatic N) is 2. The largest absolute Gasteiger partial charge is 0.463 e. The fraction of sp³-hybridized carbons (Fsp3) is 0.190. The van der Waals surface area contributed by atoms with Gasteiger partial charge in [-0.1, -0.05) is 19.1 Å². The van der Waals surface area contributed by atoms with Gasteiger partial charge >= 0.3 is 6.18 Å². The van der Waals surface area contributed by atoms with Crippen LogP contribution in [0.3, 0.4) is 0 Å². The molecule has 1 N–H and O–H groups in total. The minimum Gasteiger partial charge on any atom is -0.463 e. The highest BCUT2D eigenvalue weighted by Gasteiger charge is 2.34. The molecule has 10 heteroatoms. The maximum Gasteiger partial charge on any atom is 0.418 e. The smallest absolute Gasteiger partial charge is 0.418 e. The molecule has 0 radical (unpaired) electrons. The lowest BCUT2D eigenvalue weighted by atomic mass is 10.1. The summed E-state index contributed by atoms with van der Waals surface area (Å²) in [6.45, 7) is 1.61. The monoisotopic (exact) mass is 435 g/mol. The molecule has 0 saturated carbocycles. The number of carbonyl (C=O) groups is 1. The Kier molecular flexibility index (Phi) is 6.38. The standard InChI is InChI=1S/C21H17F4N3O3/c1-2-17(20(30)26-16-6-4-3-5-15(16)21(23,24)25)31-18-11-12-19(29)28(27-18)14-9-7-13(22)8-10-14/h3-12,17H,2H2,1H3,(H,26,30). The molecule has 3 rings (SSSR count). The fourth-order valence-electron chi connectivity index (χ4n) is 2.75. The Morgan fingerprint density at radius 2 is 1.77 bits per heavy atom. The minimum absolute atomic E-state index is 0.102. The van der Waals surface area contributed by atoms with Crippen LogP contribution < -0.4 is 15.6 Å². The number of hydrogen-bond donors (Lipinski definition) is 1. The first-order chi connectivity index (χ1) is 14.7. The predicted molar refractivity (Wildman–Crippen MR) is 105 cm³/mol. The molecule has 0 aliphatic carbocycles. The van der Waals surface area contributed by atoms with E-state index in [0.717, 1.165) is 35.0 Å². The van der Waals surface area contributed by atoms with E-state index in [1.807, 2.05) is 0 Å². The van der Waals surface area contributed by atoms with Gasteiger partial charge in [-0.15, -0.1) is 5.10 Å². The number of para-hydroxylation sites is 1. The highest BCUT2D eigenvalue weighted by Crippen LogP contribution is 2.34. The highest BCUT2D eigenvalue weighted by atomic mass is 19.4. The lowest BCUT2D eigenvalue weighted by Crippen LogP contribution is -2.34. The van der Waals surface area contributed by atoms with Crippen LogP contribution in [0.4, 0.5) is 23.2 Å². The number of halogens is 4. The molecule has 1 atom stereocenters. The molecule has 1 aromatic heterocycles. The zero-order chi connectivity index (χ0) is 22.6. The van der Waals surface area contributed by atoms with Gasteiger partial charge in [-0.05, 0) is 42.8 Å². The van der Waals surface area contributed by atoms with Gasteiger partial charge in [0.05, 0.1) is 16.9 Å². The average molecular weight is 435 g/mol. The Balaban J connectivity index is 1.82. The summed E-state index contributed by atoms with van der Waals surface area (Å²) in [5, 5.41) is 6.24. The van der Waals surface area contributed by atoms with E-state index in [2.05, 4.69) is 10.4 Å². The molecule has 1 unspecified atom stereocenters. The second-order valence-corrected chi connectivity index (χ2v) is 6.45. The van der Waals surface area contributed by atoms with Gasteiger partial charge in [0, 0.05) is 12.1 Å². The lowest BCUT2D eigenvalue weighted by molar-refractivity contribution is -0.137. The van der Waals surface area contributed by atoms with Gasteiger partial charge in [0.15, 0.2) is 6.10 Å². The highest BCUT2D eigenvalue weighted by molar-refractivity contribution is 5.95. The zero-order valence-corrected chi connectivity index (χ0v) is 16.2. The van der Waals surface area contributed by atoms with Crippen LogP contribution in [0.15, 0.2) is 65.5 Å². The molecule has 1 heterocycles. The van der Waals surface area contributed by atoms with Crippen LogP contribution in [-0.2, 0) is 11.0 Å². The van der Waals surface area contributed by atoms with Crippen LogP contribution in [0, 0.1) is 5.82 Å². The molecule has 1 amide bonds. The Hall–Kier alpha value is -3.69. The molecule has 6 nitrogen and oxygen atoms in total. The van der Waals surface area contributed by atoms with Crippen LogP contribution in [0.25, 0.3) is 5.69 Å². The van der Waals surface area contributed by atoms with Gasteiger partial charge in [0.2, 0.25) is 5.88 Å². The quantitative estimate of drug-likeness (QED) is 0.590. The Morgan fingerprint density at radius 3 is 2.42 bits per heavy atom. The number of aromatic nitrogens is 2. The molecule has 3 aromatic rings. The molecule has 0 spiro atoms. The normalized spacial score (nSPS) is 12.3. The summed E-state index contributed by atoms with van der Waals surface area (Å²) in [5.74, 6) is -1.40. The first kappa shape index (κ1) is 22.0. The summed E-state index contributed by atoms with van der Waals surface area (Å²) >= 11 is 0. The summed E-state index contributed by atoms with van der Waals surface area (Å²) < 4.78 is 59.1. The summed E-state index contributed by atoms with van der Waals surface area (Å²) in [6.07, 6.45) is -5.69. The molecule has 2 aromatic carbocycles. The van der Waals surface area contributed by atoms with E-state index in [4.69, 9.17) is 4.74 Å². The molecule has 0 aliphatic heterocycles. The molecule has 0 fully saturated rings. The number of ether oxygens (including phenoxy) is 1. The van der Waals surface area contributed by atoms with Crippen LogP contribution in [0.5, 0.6) is 5.88 Å². The van der Waals surface area contributed by atoms with Gasteiger partial charge in [0.25, 0.3) is 11.5 Å². The van der Waals surface area contributed by atoms with Crippen molar-refractivity contribution in [2.45, 2.75) is 25.6 Å². The van der Waals surface area contributed by atoms with Crippen LogP contribution in [-0.4, -0.2) is 21.8 Å². The van der Waals surface area contributed by atoms with E-state index >= 15 is 0 Å². The Labute approximate surface area is 174 Å². The van der Waals surface area contributed by atoms with E-state index in [-0.39, 0.29) is 18.0 Å². The number of rotatable bonds is 6. The molecule has 31 heavy (non-hydrogen) atoms. The van der Waals surface area contributed by atoms with Crippen molar-refractivity contribution >= 4 is 11.6 Å². The third kappa shape index (κ3) is 5.27. The van der Waals surface area contributed by atoms with E-state index < -0.39 is 40.8 Å². The van der Waals surface area contributed by atoms with E-state index in [1.165, 1.54) is 30.3 Å². The van der Waals surface area contributed by atoms with Crippen molar-refractivity contribution < 1.29 is 27.1 Å². The van der Waals surface area contributed by atoms with E-state index in [9.17, 15) is 27.2 Å². The number of anilines is 1. The van der Waals surface area contributed by atoms with Crippen molar-refractivity contribution in [2.24, 2.45) is 0 Å². The number of amides is 1. The second kappa shape index (κ2) is 8.99. The second-order valence-electron chi connectivity index (χ2n) is 6.45. The van der Waals surface area contributed by atoms with Crippen LogP contribution in [0.2, 0.25) is 0 Å². The van der Waals surface area contributed by atoms with Gasteiger partial charge < -0.3 is 10.1 Å². The SMILES string of the molecule is CCC(Oc1ccc(=O)n(-c2ccc(F)cc2)n1)C(=O)Nc1ccccc1C(F)(F)F. The molecule has 0 saturated heterocycles. The van der Waals surface area contributed by atoms with Crippen molar-refractivity contribution in [1.29, 1.82) is 0 Å². The lowest BCUT2D eigenvalue weighted by Gasteiger charge is -2.19. The predicted octanol–water partition coefficient (Wildman–Crippen LogP) is 4.19. The molecule has 0 aliphatic rings. The number of hydrogen-bond acceptors (Lipinski definition) is 4. The zero-order valence-electron chi connectivity index (χ0n) is 16.2. The van der Waals surface area contributed by atoms with Crippen molar-refractivity contribution in [3.63, 3.8) is 0 Å². The number of benzene rings is 2. The molecular formula is C21H17F4N3O3. The molecule has 0 bridgehead atoms. The average Bonchev–Trinajstić information content (AvgIpc) is 2.73.